The van der Waals surface area contributed by atoms with Crippen molar-refractivity contribution < 1.29 is 14.0 Å². The van der Waals surface area contributed by atoms with Crippen molar-refractivity contribution in [1.82, 2.24) is 15.1 Å². The molecule has 6 nitrogen and oxygen atoms in total. The topological polar surface area (TPSA) is 67.2 Å². The van der Waals surface area contributed by atoms with Crippen molar-refractivity contribution >= 4 is 40.7 Å². The number of carbonyl (C=O) groups is 2. The van der Waals surface area contributed by atoms with Crippen LogP contribution >= 0.6 is 23.1 Å². The number of thioether (sulfide) groups is 1. The number of aromatic nitrogens is 2. The number of nitrogens with zero attached hydrogens (tertiary/aromatic N) is 3. The summed E-state index contributed by atoms with van der Waals surface area (Å²) in [5, 5.41) is 11.9. The van der Waals surface area contributed by atoms with Crippen molar-refractivity contribution in [3.63, 3.8) is 0 Å². The quantitative estimate of drug-likeness (QED) is 0.532. The van der Waals surface area contributed by atoms with Gasteiger partial charge in [0.15, 0.2) is 0 Å². The number of nitrogens with one attached hydrogen (secondary N) is 1. The van der Waals surface area contributed by atoms with Crippen molar-refractivity contribution in [3.8, 4) is 5.69 Å². The van der Waals surface area contributed by atoms with Crippen LogP contribution in [0.2, 0.25) is 0 Å². The molecule has 0 spiro atoms. The van der Waals surface area contributed by atoms with Crippen molar-refractivity contribution in [2.24, 2.45) is 0 Å². The highest BCUT2D eigenvalue weighted by atomic mass is 32.2. The summed E-state index contributed by atoms with van der Waals surface area (Å²) in [7, 11) is 0. The average Bonchev–Trinajstić information content (AvgIpc) is 3.38. The Morgan fingerprint density at radius 1 is 1.24 bits per heavy atom. The number of halogens is 1. The third-order valence-corrected chi connectivity index (χ3v) is 7.42. The SMILES string of the molecule is CC(C)NC(=O)CN1C(=O)CS[C@@H](c2ccsc2)c2c(C(C)(C)C)nn(-c3ccc(F)cc3)c21. The Labute approximate surface area is 207 Å². The van der Waals surface area contributed by atoms with Crippen LogP contribution in [0, 0.1) is 5.82 Å². The second kappa shape index (κ2) is 9.54. The van der Waals surface area contributed by atoms with Crippen molar-refractivity contribution in [2.45, 2.75) is 51.3 Å². The van der Waals surface area contributed by atoms with Gasteiger partial charge in [0.2, 0.25) is 11.8 Å². The molecular formula is C25H29FN4O2S2. The van der Waals surface area contributed by atoms with Gasteiger partial charge in [0.05, 0.1) is 22.4 Å². The standard InChI is InChI=1S/C25H29FN4O2S2/c1-15(2)27-19(31)12-29-20(32)14-34-22(16-10-11-33-13-16)21-23(25(3,4)5)28-30(24(21)29)18-8-6-17(26)7-9-18/h6-11,13,15,22H,12,14H2,1-5H3,(H,27,31)/t22-/m0/s1. The summed E-state index contributed by atoms with van der Waals surface area (Å²) in [4.78, 5) is 27.8. The van der Waals surface area contributed by atoms with Gasteiger partial charge in [0.1, 0.15) is 18.2 Å². The minimum atomic E-state index is -0.353. The lowest BCUT2D eigenvalue weighted by Gasteiger charge is -2.24. The fourth-order valence-corrected chi connectivity index (χ4v) is 5.99. The second-order valence-corrected chi connectivity index (χ2v) is 11.5. The van der Waals surface area contributed by atoms with Crippen LogP contribution in [0.1, 0.15) is 56.7 Å². The van der Waals surface area contributed by atoms with Gasteiger partial charge >= 0.3 is 0 Å². The van der Waals surface area contributed by atoms with Gasteiger partial charge in [-0.05, 0) is 60.5 Å². The fourth-order valence-electron chi connectivity index (χ4n) is 4.03. The van der Waals surface area contributed by atoms with E-state index in [0.717, 1.165) is 16.8 Å². The zero-order chi connectivity index (χ0) is 24.6. The molecule has 3 heterocycles. The summed E-state index contributed by atoms with van der Waals surface area (Å²) < 4.78 is 15.4. The first kappa shape index (κ1) is 24.5. The van der Waals surface area contributed by atoms with Crippen LogP contribution in [-0.2, 0) is 15.0 Å². The van der Waals surface area contributed by atoms with Gasteiger partial charge in [0, 0.05) is 17.0 Å². The Balaban J connectivity index is 1.98. The molecule has 1 aromatic carbocycles. The molecule has 0 saturated heterocycles. The van der Waals surface area contributed by atoms with Crippen LogP contribution < -0.4 is 10.2 Å². The van der Waals surface area contributed by atoms with Crippen LogP contribution in [0.15, 0.2) is 41.1 Å². The Hall–Kier alpha value is -2.65. The predicted octanol–water partition coefficient (Wildman–Crippen LogP) is 5.06. The maximum Gasteiger partial charge on any atom is 0.240 e. The van der Waals surface area contributed by atoms with Gasteiger partial charge in [-0.15, -0.1) is 11.8 Å². The molecule has 0 unspecified atom stereocenters. The van der Waals surface area contributed by atoms with Gasteiger partial charge in [-0.3, -0.25) is 14.5 Å². The number of anilines is 1. The third-order valence-electron chi connectivity index (χ3n) is 5.47. The molecule has 1 aliphatic rings. The predicted molar refractivity (Wildman–Crippen MR) is 136 cm³/mol. The molecule has 0 bridgehead atoms. The lowest BCUT2D eigenvalue weighted by atomic mass is 9.87. The van der Waals surface area contributed by atoms with Gasteiger partial charge < -0.3 is 5.32 Å². The maximum atomic E-state index is 13.7. The largest absolute Gasteiger partial charge is 0.352 e. The van der Waals surface area contributed by atoms with Crippen molar-refractivity contribution in [1.29, 1.82) is 0 Å². The van der Waals surface area contributed by atoms with Gasteiger partial charge in [-0.2, -0.15) is 16.4 Å². The molecule has 180 valence electrons. The summed E-state index contributed by atoms with van der Waals surface area (Å²) >= 11 is 3.16. The molecule has 1 aliphatic heterocycles. The van der Waals surface area contributed by atoms with E-state index in [1.165, 1.54) is 17.0 Å². The minimum absolute atomic E-state index is 0.0471. The maximum absolute atomic E-state index is 13.7. The van der Waals surface area contributed by atoms with Crippen LogP contribution in [-0.4, -0.2) is 39.9 Å². The first-order chi connectivity index (χ1) is 16.1. The number of benzene rings is 1. The molecule has 2 amide bonds. The summed E-state index contributed by atoms with van der Waals surface area (Å²) in [6, 6.07) is 8.06. The van der Waals surface area contributed by atoms with Crippen LogP contribution in [0.25, 0.3) is 5.69 Å². The molecule has 0 saturated carbocycles. The Kier molecular flexibility index (Phi) is 6.87. The molecule has 2 aromatic heterocycles. The first-order valence-corrected chi connectivity index (χ1v) is 13.2. The number of hydrogen-bond acceptors (Lipinski definition) is 5. The zero-order valence-electron chi connectivity index (χ0n) is 20.0. The number of thiophene rings is 1. The molecule has 4 rings (SSSR count). The van der Waals surface area contributed by atoms with Crippen molar-refractivity contribution in [2.75, 3.05) is 17.2 Å². The average molecular weight is 501 g/mol. The number of carbonyl (C=O) groups excluding carboxylic acids is 2. The second-order valence-electron chi connectivity index (χ2n) is 9.67. The van der Waals surface area contributed by atoms with E-state index in [-0.39, 0.29) is 46.6 Å². The lowest BCUT2D eigenvalue weighted by molar-refractivity contribution is -0.123. The monoisotopic (exact) mass is 500 g/mol. The number of amides is 2. The van der Waals surface area contributed by atoms with Crippen LogP contribution in [0.5, 0.6) is 0 Å². The van der Waals surface area contributed by atoms with Crippen LogP contribution in [0.3, 0.4) is 0 Å². The Morgan fingerprint density at radius 2 is 1.94 bits per heavy atom. The van der Waals surface area contributed by atoms with E-state index in [4.69, 9.17) is 5.10 Å². The fraction of sp³-hybridized carbons (Fsp3) is 0.400. The highest BCUT2D eigenvalue weighted by Gasteiger charge is 2.40. The van der Waals surface area contributed by atoms with Gasteiger partial charge in [0.25, 0.3) is 0 Å². The molecule has 1 atom stereocenters. The molecule has 34 heavy (non-hydrogen) atoms. The van der Waals surface area contributed by atoms with E-state index in [1.807, 2.05) is 19.2 Å². The van der Waals surface area contributed by atoms with E-state index in [1.54, 1.807) is 39.9 Å². The molecule has 3 aromatic rings. The van der Waals surface area contributed by atoms with E-state index in [0.29, 0.717) is 11.5 Å². The highest BCUT2D eigenvalue weighted by Crippen LogP contribution is 2.48. The van der Waals surface area contributed by atoms with E-state index in [2.05, 4.69) is 37.5 Å². The Bertz CT molecular complexity index is 1180. The summed E-state index contributed by atoms with van der Waals surface area (Å²) in [6.45, 7) is 9.91. The molecule has 1 N–H and O–H groups in total. The lowest BCUT2D eigenvalue weighted by Crippen LogP contribution is -2.44. The van der Waals surface area contributed by atoms with E-state index in [9.17, 15) is 14.0 Å². The smallest absolute Gasteiger partial charge is 0.240 e. The number of hydrogen-bond donors (Lipinski definition) is 1. The van der Waals surface area contributed by atoms with Crippen molar-refractivity contribution in [3.05, 3.63) is 63.7 Å². The molecule has 0 aliphatic carbocycles. The summed E-state index contributed by atoms with van der Waals surface area (Å²) in [5.74, 6) is 0.0524. The summed E-state index contributed by atoms with van der Waals surface area (Å²) in [5.41, 5.74) is 3.17. The normalized spacial score (nSPS) is 16.5. The number of rotatable bonds is 5. The van der Waals surface area contributed by atoms with E-state index >= 15 is 0 Å². The highest BCUT2D eigenvalue weighted by molar-refractivity contribution is 8.00. The molecule has 0 fully saturated rings. The Morgan fingerprint density at radius 3 is 2.53 bits per heavy atom. The van der Waals surface area contributed by atoms with E-state index < -0.39 is 0 Å². The van der Waals surface area contributed by atoms with Crippen LogP contribution in [0.4, 0.5) is 10.2 Å². The zero-order valence-corrected chi connectivity index (χ0v) is 21.6. The number of fused-ring (bicyclic) bond motifs is 1. The van der Waals surface area contributed by atoms with Gasteiger partial charge in [-0.25, -0.2) is 9.07 Å². The molecular weight excluding hydrogens is 471 g/mol. The first-order valence-electron chi connectivity index (χ1n) is 11.2. The summed E-state index contributed by atoms with van der Waals surface area (Å²) in [6.07, 6.45) is 0. The molecule has 9 heteroatoms. The molecule has 0 radical (unpaired) electrons. The van der Waals surface area contributed by atoms with Gasteiger partial charge in [-0.1, -0.05) is 20.8 Å². The minimum Gasteiger partial charge on any atom is -0.352 e. The third kappa shape index (κ3) is 4.90.